The second kappa shape index (κ2) is 6.91. The summed E-state index contributed by atoms with van der Waals surface area (Å²) < 4.78 is 14.1. The standard InChI is InChI=1S/C18H17ClFNSi/c1-22(2,3)13-12-18(16-6-4-5-7-17(16)20)21-15-10-8-14(19)9-11-15/h4-11H,1-3H3. The molecule has 0 saturated carbocycles. The number of hydrogen-bond acceptors (Lipinski definition) is 1. The van der Waals surface area contributed by atoms with Crippen LogP contribution in [0.1, 0.15) is 5.56 Å². The summed E-state index contributed by atoms with van der Waals surface area (Å²) in [5, 5.41) is 0.638. The molecule has 0 aliphatic heterocycles. The molecule has 0 aliphatic rings. The van der Waals surface area contributed by atoms with E-state index in [2.05, 4.69) is 36.1 Å². The number of hydrogen-bond donors (Lipinski definition) is 0. The maximum absolute atomic E-state index is 14.1. The Morgan fingerprint density at radius 2 is 1.68 bits per heavy atom. The average Bonchev–Trinajstić information content (AvgIpc) is 2.45. The predicted octanol–water partition coefficient (Wildman–Crippen LogP) is 5.48. The summed E-state index contributed by atoms with van der Waals surface area (Å²) in [6.45, 7) is 6.42. The van der Waals surface area contributed by atoms with E-state index in [0.717, 1.165) is 0 Å². The highest BCUT2D eigenvalue weighted by Gasteiger charge is 2.11. The normalized spacial score (nSPS) is 11.8. The number of halogens is 2. The molecule has 0 saturated heterocycles. The maximum atomic E-state index is 14.1. The first-order valence-corrected chi connectivity index (χ1v) is 10.9. The van der Waals surface area contributed by atoms with Crippen molar-refractivity contribution >= 4 is 31.1 Å². The summed E-state index contributed by atoms with van der Waals surface area (Å²) in [7, 11) is -1.58. The number of benzene rings is 2. The van der Waals surface area contributed by atoms with Gasteiger partial charge in [-0.05, 0) is 36.4 Å². The molecule has 0 amide bonds. The summed E-state index contributed by atoms with van der Waals surface area (Å²) in [5.41, 5.74) is 4.81. The summed E-state index contributed by atoms with van der Waals surface area (Å²) in [6, 6.07) is 13.7. The average molecular weight is 330 g/mol. The van der Waals surface area contributed by atoms with Gasteiger partial charge in [-0.15, -0.1) is 5.54 Å². The molecule has 112 valence electrons. The molecule has 0 unspecified atom stereocenters. The zero-order valence-corrected chi connectivity index (χ0v) is 14.6. The molecule has 0 radical (unpaired) electrons. The van der Waals surface area contributed by atoms with Crippen molar-refractivity contribution in [2.24, 2.45) is 4.99 Å². The fraction of sp³-hybridized carbons (Fsp3) is 0.167. The largest absolute Gasteiger partial charge is 0.239 e. The van der Waals surface area contributed by atoms with Gasteiger partial charge >= 0.3 is 0 Å². The molecule has 4 heteroatoms. The van der Waals surface area contributed by atoms with Crippen LogP contribution >= 0.6 is 11.6 Å². The van der Waals surface area contributed by atoms with Crippen molar-refractivity contribution < 1.29 is 4.39 Å². The van der Waals surface area contributed by atoms with Crippen molar-refractivity contribution in [3.8, 4) is 11.5 Å². The first kappa shape index (κ1) is 16.5. The Morgan fingerprint density at radius 3 is 2.27 bits per heavy atom. The van der Waals surface area contributed by atoms with E-state index in [0.29, 0.717) is 22.0 Å². The van der Waals surface area contributed by atoms with Crippen LogP contribution < -0.4 is 0 Å². The highest BCUT2D eigenvalue weighted by Crippen LogP contribution is 2.18. The van der Waals surface area contributed by atoms with Gasteiger partial charge in [0.25, 0.3) is 0 Å². The SMILES string of the molecule is C[Si](C)(C)C#CC(=Nc1ccc(Cl)cc1)c1ccccc1F. The van der Waals surface area contributed by atoms with Gasteiger partial charge in [0.15, 0.2) is 0 Å². The molecule has 1 nitrogen and oxygen atoms in total. The van der Waals surface area contributed by atoms with E-state index >= 15 is 0 Å². The minimum atomic E-state index is -1.58. The van der Waals surface area contributed by atoms with Crippen LogP contribution in [0.15, 0.2) is 53.5 Å². The van der Waals surface area contributed by atoms with E-state index in [-0.39, 0.29) is 5.82 Å². The van der Waals surface area contributed by atoms with Gasteiger partial charge in [0.2, 0.25) is 0 Å². The van der Waals surface area contributed by atoms with Crippen LogP contribution in [-0.4, -0.2) is 13.8 Å². The summed E-state index contributed by atoms with van der Waals surface area (Å²) in [4.78, 5) is 4.50. The number of rotatable bonds is 2. The Bertz CT molecular complexity index is 749. The van der Waals surface area contributed by atoms with Crippen molar-refractivity contribution in [3.05, 3.63) is 64.9 Å². The van der Waals surface area contributed by atoms with Crippen molar-refractivity contribution in [3.63, 3.8) is 0 Å². The first-order valence-electron chi connectivity index (χ1n) is 6.97. The van der Waals surface area contributed by atoms with Gasteiger partial charge in [-0.2, -0.15) is 0 Å². The second-order valence-electron chi connectivity index (χ2n) is 5.92. The third-order valence-corrected chi connectivity index (χ3v) is 3.88. The molecule has 0 aromatic heterocycles. The molecule has 2 aromatic rings. The van der Waals surface area contributed by atoms with E-state index in [1.165, 1.54) is 6.07 Å². The van der Waals surface area contributed by atoms with E-state index < -0.39 is 8.07 Å². The van der Waals surface area contributed by atoms with Crippen LogP contribution in [0.2, 0.25) is 24.7 Å². The monoisotopic (exact) mass is 329 g/mol. The Labute approximate surface area is 136 Å². The van der Waals surface area contributed by atoms with Crippen LogP contribution in [-0.2, 0) is 0 Å². The quantitative estimate of drug-likeness (QED) is 0.393. The third kappa shape index (κ3) is 4.83. The minimum absolute atomic E-state index is 0.319. The molecule has 2 rings (SSSR count). The Kier molecular flexibility index (Phi) is 5.18. The van der Waals surface area contributed by atoms with Gasteiger partial charge < -0.3 is 0 Å². The summed E-state index contributed by atoms with van der Waals surface area (Å²) in [5.74, 6) is 2.75. The van der Waals surface area contributed by atoms with Crippen LogP contribution in [0.4, 0.5) is 10.1 Å². The summed E-state index contributed by atoms with van der Waals surface area (Å²) >= 11 is 5.88. The van der Waals surface area contributed by atoms with Gasteiger partial charge in [0, 0.05) is 10.6 Å². The zero-order valence-electron chi connectivity index (χ0n) is 12.8. The molecule has 0 bridgehead atoms. The van der Waals surface area contributed by atoms with E-state index in [9.17, 15) is 4.39 Å². The third-order valence-electron chi connectivity index (χ3n) is 2.75. The lowest BCUT2D eigenvalue weighted by atomic mass is 10.1. The van der Waals surface area contributed by atoms with Gasteiger partial charge in [-0.1, -0.05) is 49.3 Å². The molecule has 0 atom stereocenters. The molecular weight excluding hydrogens is 313 g/mol. The van der Waals surface area contributed by atoms with Gasteiger partial charge in [-0.3, -0.25) is 0 Å². The molecule has 0 N–H and O–H groups in total. The highest BCUT2D eigenvalue weighted by molar-refractivity contribution is 6.84. The van der Waals surface area contributed by atoms with Crippen LogP contribution in [0, 0.1) is 17.3 Å². The molecule has 0 heterocycles. The first-order chi connectivity index (χ1) is 10.3. The lowest BCUT2D eigenvalue weighted by Crippen LogP contribution is -2.17. The van der Waals surface area contributed by atoms with Gasteiger partial charge in [0.1, 0.15) is 19.6 Å². The van der Waals surface area contributed by atoms with Gasteiger partial charge in [-0.25, -0.2) is 9.38 Å². The van der Waals surface area contributed by atoms with Crippen LogP contribution in [0.3, 0.4) is 0 Å². The Morgan fingerprint density at radius 1 is 1.05 bits per heavy atom. The number of nitrogens with zero attached hydrogens (tertiary/aromatic N) is 1. The fourth-order valence-corrected chi connectivity index (χ4v) is 2.32. The van der Waals surface area contributed by atoms with Crippen LogP contribution in [0.25, 0.3) is 0 Å². The predicted molar refractivity (Wildman–Crippen MR) is 95.2 cm³/mol. The van der Waals surface area contributed by atoms with Crippen molar-refractivity contribution in [2.75, 3.05) is 0 Å². The second-order valence-corrected chi connectivity index (χ2v) is 11.1. The molecule has 22 heavy (non-hydrogen) atoms. The van der Waals surface area contributed by atoms with Crippen molar-refractivity contribution in [1.82, 2.24) is 0 Å². The van der Waals surface area contributed by atoms with E-state index in [4.69, 9.17) is 11.6 Å². The highest BCUT2D eigenvalue weighted by atomic mass is 35.5. The Balaban J connectivity index is 2.52. The fourth-order valence-electron chi connectivity index (χ4n) is 1.70. The smallest absolute Gasteiger partial charge is 0.133 e. The van der Waals surface area contributed by atoms with Crippen molar-refractivity contribution in [1.29, 1.82) is 0 Å². The van der Waals surface area contributed by atoms with Crippen LogP contribution in [0.5, 0.6) is 0 Å². The maximum Gasteiger partial charge on any atom is 0.133 e. The lowest BCUT2D eigenvalue weighted by molar-refractivity contribution is 0.625. The lowest BCUT2D eigenvalue weighted by Gasteiger charge is -2.06. The molecule has 0 fully saturated rings. The molecule has 0 spiro atoms. The molecular formula is C18H17ClFNSi. The van der Waals surface area contributed by atoms with E-state index in [1.54, 1.807) is 42.5 Å². The topological polar surface area (TPSA) is 12.4 Å². The van der Waals surface area contributed by atoms with E-state index in [1.807, 2.05) is 0 Å². The Hall–Kier alpha value is -1.89. The molecule has 0 aliphatic carbocycles. The summed E-state index contributed by atoms with van der Waals surface area (Å²) in [6.07, 6.45) is 0. The zero-order chi connectivity index (χ0) is 16.2. The van der Waals surface area contributed by atoms with Gasteiger partial charge in [0.05, 0.1) is 5.69 Å². The van der Waals surface area contributed by atoms with Crippen molar-refractivity contribution in [2.45, 2.75) is 19.6 Å². The minimum Gasteiger partial charge on any atom is -0.239 e. The number of aliphatic imine (C=N–C) groups is 1. The molecule has 2 aromatic carbocycles.